The Morgan fingerprint density at radius 2 is 1.49 bits per heavy atom. The maximum Gasteiger partial charge on any atom is 0.253 e. The van der Waals surface area contributed by atoms with E-state index in [1.165, 1.54) is 29.6 Å². The molecule has 1 amide bonds. The van der Waals surface area contributed by atoms with Crippen LogP contribution in [-0.2, 0) is 6.42 Å². The standard InChI is InChI=1S/C33H38N2O2/c1-3-34(4-2)33(37)26-15-13-25(14-16-26)32(27-11-8-12-31(36)23-27)28-21-29-17-18-30(22-28)35(29)20-19-24-9-6-5-7-10-24/h5-16,23,29-30,36H,3-4,17-22H2,1-2H3. The van der Waals surface area contributed by atoms with Crippen molar-refractivity contribution in [1.29, 1.82) is 0 Å². The van der Waals surface area contributed by atoms with Crippen LogP contribution in [-0.4, -0.2) is 52.5 Å². The van der Waals surface area contributed by atoms with Gasteiger partial charge in [-0.1, -0.05) is 60.2 Å². The van der Waals surface area contributed by atoms with Gasteiger partial charge in [0.1, 0.15) is 5.75 Å². The summed E-state index contributed by atoms with van der Waals surface area (Å²) in [6.45, 7) is 6.55. The smallest absolute Gasteiger partial charge is 0.253 e. The van der Waals surface area contributed by atoms with E-state index < -0.39 is 0 Å². The topological polar surface area (TPSA) is 43.8 Å². The Morgan fingerprint density at radius 3 is 2.11 bits per heavy atom. The van der Waals surface area contributed by atoms with Crippen LogP contribution in [0.3, 0.4) is 0 Å². The normalized spacial score (nSPS) is 19.1. The van der Waals surface area contributed by atoms with Crippen molar-refractivity contribution < 1.29 is 9.90 Å². The van der Waals surface area contributed by atoms with E-state index in [2.05, 4.69) is 53.4 Å². The number of carbonyl (C=O) groups excluding carboxylic acids is 1. The number of hydrogen-bond acceptors (Lipinski definition) is 3. The fraction of sp³-hybridized carbons (Fsp3) is 0.364. The molecule has 2 aliphatic rings. The van der Waals surface area contributed by atoms with Gasteiger partial charge in [-0.3, -0.25) is 9.69 Å². The first kappa shape index (κ1) is 25.3. The van der Waals surface area contributed by atoms with E-state index >= 15 is 0 Å². The van der Waals surface area contributed by atoms with E-state index in [9.17, 15) is 9.90 Å². The SMILES string of the molecule is CCN(CC)C(=O)c1ccc(C(=C2CC3CCC(C2)N3CCc2ccccc2)c2cccc(O)c2)cc1. The van der Waals surface area contributed by atoms with Crippen LogP contribution in [0.4, 0.5) is 0 Å². The first-order valence-electron chi connectivity index (χ1n) is 13.8. The van der Waals surface area contributed by atoms with Gasteiger partial charge in [-0.05, 0) is 92.5 Å². The first-order valence-corrected chi connectivity index (χ1v) is 13.8. The van der Waals surface area contributed by atoms with Crippen LogP contribution in [0.1, 0.15) is 66.6 Å². The lowest BCUT2D eigenvalue weighted by Gasteiger charge is -2.37. The lowest BCUT2D eigenvalue weighted by Crippen LogP contribution is -2.41. The molecule has 2 atom stereocenters. The van der Waals surface area contributed by atoms with E-state index in [0.29, 0.717) is 25.2 Å². The van der Waals surface area contributed by atoms with Gasteiger partial charge in [-0.2, -0.15) is 0 Å². The van der Waals surface area contributed by atoms with Crippen molar-refractivity contribution in [3.63, 3.8) is 0 Å². The predicted octanol–water partition coefficient (Wildman–Crippen LogP) is 6.55. The first-order chi connectivity index (χ1) is 18.1. The molecular formula is C33H38N2O2. The van der Waals surface area contributed by atoms with Crippen molar-refractivity contribution in [1.82, 2.24) is 9.80 Å². The van der Waals surface area contributed by atoms with Gasteiger partial charge in [0.2, 0.25) is 0 Å². The molecule has 3 aromatic rings. The molecule has 2 saturated heterocycles. The molecule has 1 N–H and O–H groups in total. The summed E-state index contributed by atoms with van der Waals surface area (Å²) in [6, 6.07) is 27.7. The number of hydrogen-bond donors (Lipinski definition) is 1. The van der Waals surface area contributed by atoms with Crippen LogP contribution in [0, 0.1) is 0 Å². The Kier molecular flexibility index (Phi) is 7.76. The third-order valence-electron chi connectivity index (χ3n) is 8.20. The second-order valence-electron chi connectivity index (χ2n) is 10.4. The maximum absolute atomic E-state index is 12.9. The van der Waals surface area contributed by atoms with Crippen LogP contribution in [0.5, 0.6) is 5.75 Å². The van der Waals surface area contributed by atoms with Crippen molar-refractivity contribution in [2.75, 3.05) is 19.6 Å². The average Bonchev–Trinajstić information content (AvgIpc) is 3.16. The van der Waals surface area contributed by atoms with Crippen LogP contribution in [0.15, 0.2) is 84.4 Å². The van der Waals surface area contributed by atoms with Crippen molar-refractivity contribution in [2.45, 2.75) is 58.0 Å². The zero-order chi connectivity index (χ0) is 25.8. The molecule has 4 heteroatoms. The van der Waals surface area contributed by atoms with Gasteiger partial charge < -0.3 is 10.0 Å². The number of phenols is 1. The summed E-state index contributed by atoms with van der Waals surface area (Å²) in [5.74, 6) is 0.361. The van der Waals surface area contributed by atoms with Crippen molar-refractivity contribution in [2.24, 2.45) is 0 Å². The van der Waals surface area contributed by atoms with Gasteiger partial charge in [0.15, 0.2) is 0 Å². The molecule has 3 aromatic carbocycles. The molecule has 0 spiro atoms. The van der Waals surface area contributed by atoms with Crippen molar-refractivity contribution >= 4 is 11.5 Å². The molecule has 2 aliphatic heterocycles. The lowest BCUT2D eigenvalue weighted by molar-refractivity contribution is 0.0773. The van der Waals surface area contributed by atoms with Gasteiger partial charge in [-0.15, -0.1) is 0 Å². The Labute approximate surface area is 221 Å². The summed E-state index contributed by atoms with van der Waals surface area (Å²) < 4.78 is 0. The summed E-state index contributed by atoms with van der Waals surface area (Å²) in [7, 11) is 0. The molecule has 2 heterocycles. The Hall–Kier alpha value is -3.37. The molecule has 2 bridgehead atoms. The number of nitrogens with zero attached hydrogens (tertiary/aromatic N) is 2. The Balaban J connectivity index is 1.44. The molecular weight excluding hydrogens is 456 g/mol. The van der Waals surface area contributed by atoms with Gasteiger partial charge >= 0.3 is 0 Å². The Bertz CT molecular complexity index is 1230. The highest BCUT2D eigenvalue weighted by molar-refractivity contribution is 5.95. The summed E-state index contributed by atoms with van der Waals surface area (Å²) in [5, 5.41) is 10.3. The van der Waals surface area contributed by atoms with E-state index in [1.54, 1.807) is 6.07 Å². The maximum atomic E-state index is 12.9. The van der Waals surface area contributed by atoms with Gasteiger partial charge in [0, 0.05) is 37.3 Å². The van der Waals surface area contributed by atoms with Crippen molar-refractivity contribution in [3.8, 4) is 5.75 Å². The summed E-state index contributed by atoms with van der Waals surface area (Å²) >= 11 is 0. The monoisotopic (exact) mass is 494 g/mol. The number of carbonyl (C=O) groups is 1. The number of rotatable bonds is 8. The number of aromatic hydroxyl groups is 1. The summed E-state index contributed by atoms with van der Waals surface area (Å²) in [4.78, 5) is 17.5. The number of fused-ring (bicyclic) bond motifs is 2. The van der Waals surface area contributed by atoms with E-state index in [0.717, 1.165) is 42.5 Å². The molecule has 37 heavy (non-hydrogen) atoms. The number of amides is 1. The zero-order valence-electron chi connectivity index (χ0n) is 22.1. The summed E-state index contributed by atoms with van der Waals surface area (Å²) in [6.07, 6.45) is 5.68. The third kappa shape index (κ3) is 5.50. The van der Waals surface area contributed by atoms with Gasteiger partial charge in [-0.25, -0.2) is 0 Å². The Morgan fingerprint density at radius 1 is 0.838 bits per heavy atom. The minimum atomic E-state index is 0.0767. The molecule has 192 valence electrons. The fourth-order valence-electron chi connectivity index (χ4n) is 6.29. The lowest BCUT2D eigenvalue weighted by atomic mass is 9.85. The number of phenolic OH excluding ortho intramolecular Hbond substituents is 1. The van der Waals surface area contributed by atoms with Crippen LogP contribution in [0.2, 0.25) is 0 Å². The van der Waals surface area contributed by atoms with Gasteiger partial charge in [0.05, 0.1) is 0 Å². The number of benzene rings is 3. The van der Waals surface area contributed by atoms with Crippen LogP contribution < -0.4 is 0 Å². The molecule has 2 unspecified atom stereocenters. The second kappa shape index (κ2) is 11.4. The molecule has 4 nitrogen and oxygen atoms in total. The average molecular weight is 495 g/mol. The molecule has 0 aliphatic carbocycles. The summed E-state index contributed by atoms with van der Waals surface area (Å²) in [5.41, 5.74) is 6.99. The highest BCUT2D eigenvalue weighted by Crippen LogP contribution is 2.43. The number of piperidine rings is 1. The highest BCUT2D eigenvalue weighted by Gasteiger charge is 2.39. The third-order valence-corrected chi connectivity index (χ3v) is 8.20. The highest BCUT2D eigenvalue weighted by atomic mass is 16.3. The molecule has 0 aromatic heterocycles. The van der Waals surface area contributed by atoms with Crippen molar-refractivity contribution in [3.05, 3.63) is 107 Å². The second-order valence-corrected chi connectivity index (χ2v) is 10.4. The quantitative estimate of drug-likeness (QED) is 0.386. The van der Waals surface area contributed by atoms with E-state index in [-0.39, 0.29) is 11.7 Å². The minimum Gasteiger partial charge on any atom is -0.508 e. The predicted molar refractivity (Wildman–Crippen MR) is 151 cm³/mol. The molecule has 0 saturated carbocycles. The largest absolute Gasteiger partial charge is 0.508 e. The zero-order valence-corrected chi connectivity index (χ0v) is 22.1. The van der Waals surface area contributed by atoms with Crippen LogP contribution >= 0.6 is 0 Å². The fourth-order valence-corrected chi connectivity index (χ4v) is 6.29. The van der Waals surface area contributed by atoms with E-state index in [4.69, 9.17) is 0 Å². The molecule has 2 fully saturated rings. The van der Waals surface area contributed by atoms with Crippen LogP contribution in [0.25, 0.3) is 5.57 Å². The minimum absolute atomic E-state index is 0.0767. The van der Waals surface area contributed by atoms with E-state index in [1.807, 2.05) is 43.0 Å². The molecule has 0 radical (unpaired) electrons. The van der Waals surface area contributed by atoms with Gasteiger partial charge in [0.25, 0.3) is 5.91 Å². The molecule has 5 rings (SSSR count).